The maximum atomic E-state index is 5.39. The maximum absolute atomic E-state index is 5.39. The second-order valence-corrected chi connectivity index (χ2v) is 5.66. The molecule has 0 saturated carbocycles. The van der Waals surface area contributed by atoms with Gasteiger partial charge in [0.1, 0.15) is 12.1 Å². The molecule has 0 amide bonds. The van der Waals surface area contributed by atoms with Gasteiger partial charge in [-0.1, -0.05) is 0 Å². The van der Waals surface area contributed by atoms with Crippen molar-refractivity contribution in [2.24, 2.45) is 0 Å². The monoisotopic (exact) mass is 276 g/mol. The molecule has 0 spiro atoms. The van der Waals surface area contributed by atoms with Crippen LogP contribution in [0.15, 0.2) is 17.8 Å². The van der Waals surface area contributed by atoms with Crippen molar-refractivity contribution in [1.82, 2.24) is 15.0 Å². The average Bonchev–Trinajstić information content (AvgIpc) is 3.08. The minimum Gasteiger partial charge on any atom is -0.381 e. The standard InChI is InChI=1S/C13H16N4OS/c1-9-17-11(7-19-9)5-14-13-4-12(15-8-16-13)10-2-3-18-6-10/h4,7-8,10H,2-3,5-6H2,1H3,(H,14,15,16)/t10-/m0/s1. The Morgan fingerprint density at radius 3 is 3.16 bits per heavy atom. The lowest BCUT2D eigenvalue weighted by atomic mass is 10.1. The van der Waals surface area contributed by atoms with E-state index in [0.29, 0.717) is 12.5 Å². The number of nitrogens with one attached hydrogen (secondary N) is 1. The molecule has 2 aromatic heterocycles. The van der Waals surface area contributed by atoms with E-state index in [1.165, 1.54) is 0 Å². The van der Waals surface area contributed by atoms with Gasteiger partial charge in [-0.25, -0.2) is 15.0 Å². The van der Waals surface area contributed by atoms with Gasteiger partial charge in [0.2, 0.25) is 0 Å². The van der Waals surface area contributed by atoms with Crippen LogP contribution >= 0.6 is 11.3 Å². The van der Waals surface area contributed by atoms with Gasteiger partial charge >= 0.3 is 0 Å². The fourth-order valence-electron chi connectivity index (χ4n) is 2.13. The topological polar surface area (TPSA) is 59.9 Å². The summed E-state index contributed by atoms with van der Waals surface area (Å²) in [6.07, 6.45) is 2.66. The first-order chi connectivity index (χ1) is 9.31. The normalized spacial score (nSPS) is 18.7. The number of nitrogens with zero attached hydrogens (tertiary/aromatic N) is 3. The summed E-state index contributed by atoms with van der Waals surface area (Å²) in [6.45, 7) is 4.30. The first-order valence-electron chi connectivity index (χ1n) is 6.36. The third kappa shape index (κ3) is 3.08. The summed E-state index contributed by atoms with van der Waals surface area (Å²) in [7, 11) is 0. The highest BCUT2D eigenvalue weighted by Gasteiger charge is 2.19. The summed E-state index contributed by atoms with van der Waals surface area (Å²) in [6, 6.07) is 2.01. The highest BCUT2D eigenvalue weighted by atomic mass is 32.1. The third-order valence-corrected chi connectivity index (χ3v) is 3.98. The quantitative estimate of drug-likeness (QED) is 0.929. The van der Waals surface area contributed by atoms with Gasteiger partial charge in [0.05, 0.1) is 29.5 Å². The summed E-state index contributed by atoms with van der Waals surface area (Å²) >= 11 is 1.66. The summed E-state index contributed by atoms with van der Waals surface area (Å²) in [5, 5.41) is 6.44. The van der Waals surface area contributed by atoms with Crippen molar-refractivity contribution in [3.05, 3.63) is 34.2 Å². The molecule has 100 valence electrons. The van der Waals surface area contributed by atoms with Gasteiger partial charge < -0.3 is 10.1 Å². The third-order valence-electron chi connectivity index (χ3n) is 3.15. The molecule has 0 radical (unpaired) electrons. The minimum atomic E-state index is 0.407. The lowest BCUT2D eigenvalue weighted by Crippen LogP contribution is -2.06. The number of aromatic nitrogens is 3. The molecule has 6 heteroatoms. The van der Waals surface area contributed by atoms with Gasteiger partial charge in [0.25, 0.3) is 0 Å². The molecule has 1 fully saturated rings. The molecule has 0 unspecified atom stereocenters. The van der Waals surface area contributed by atoms with Crippen molar-refractivity contribution in [3.63, 3.8) is 0 Å². The number of thiazole rings is 1. The van der Waals surface area contributed by atoms with Crippen molar-refractivity contribution >= 4 is 17.2 Å². The van der Waals surface area contributed by atoms with Gasteiger partial charge in [0, 0.05) is 24.0 Å². The Balaban J connectivity index is 1.65. The Kier molecular flexibility index (Phi) is 3.70. The zero-order valence-corrected chi connectivity index (χ0v) is 11.6. The van der Waals surface area contributed by atoms with Gasteiger partial charge in [-0.05, 0) is 13.3 Å². The van der Waals surface area contributed by atoms with Crippen LogP contribution in [0.2, 0.25) is 0 Å². The van der Waals surface area contributed by atoms with Crippen LogP contribution in [-0.4, -0.2) is 28.2 Å². The van der Waals surface area contributed by atoms with E-state index in [4.69, 9.17) is 4.74 Å². The highest BCUT2D eigenvalue weighted by molar-refractivity contribution is 7.09. The second-order valence-electron chi connectivity index (χ2n) is 4.60. The molecule has 1 saturated heterocycles. The molecule has 1 aliphatic rings. The number of ether oxygens (including phenoxy) is 1. The lowest BCUT2D eigenvalue weighted by Gasteiger charge is -2.09. The smallest absolute Gasteiger partial charge is 0.129 e. The predicted octanol–water partition coefficient (Wildman–Crippen LogP) is 2.36. The van der Waals surface area contributed by atoms with E-state index >= 15 is 0 Å². The van der Waals surface area contributed by atoms with Gasteiger partial charge in [-0.15, -0.1) is 11.3 Å². The second kappa shape index (κ2) is 5.63. The van der Waals surface area contributed by atoms with Crippen LogP contribution in [-0.2, 0) is 11.3 Å². The molecule has 1 atom stereocenters. The molecule has 1 N–H and O–H groups in total. The van der Waals surface area contributed by atoms with Crippen LogP contribution in [0, 0.1) is 6.92 Å². The van der Waals surface area contributed by atoms with Gasteiger partial charge in [0.15, 0.2) is 0 Å². The Hall–Kier alpha value is -1.53. The van der Waals surface area contributed by atoms with Crippen LogP contribution in [0.3, 0.4) is 0 Å². The molecule has 0 aromatic carbocycles. The molecule has 3 heterocycles. The first-order valence-corrected chi connectivity index (χ1v) is 7.24. The van der Waals surface area contributed by atoms with Crippen LogP contribution in [0.5, 0.6) is 0 Å². The maximum Gasteiger partial charge on any atom is 0.129 e. The van der Waals surface area contributed by atoms with Crippen LogP contribution in [0.1, 0.15) is 28.7 Å². The van der Waals surface area contributed by atoms with E-state index in [1.54, 1.807) is 17.7 Å². The Bertz CT molecular complexity index is 551. The van der Waals surface area contributed by atoms with Crippen LogP contribution < -0.4 is 5.32 Å². The molecule has 0 bridgehead atoms. The lowest BCUT2D eigenvalue weighted by molar-refractivity contribution is 0.193. The number of hydrogen-bond acceptors (Lipinski definition) is 6. The zero-order chi connectivity index (χ0) is 13.1. The SMILES string of the molecule is Cc1nc(CNc2cc([C@H]3CCOC3)ncn2)cs1. The molecule has 0 aliphatic carbocycles. The molecule has 1 aliphatic heterocycles. The van der Waals surface area contributed by atoms with E-state index in [-0.39, 0.29) is 0 Å². The number of rotatable bonds is 4. The van der Waals surface area contributed by atoms with E-state index < -0.39 is 0 Å². The van der Waals surface area contributed by atoms with E-state index in [1.807, 2.05) is 13.0 Å². The highest BCUT2D eigenvalue weighted by Crippen LogP contribution is 2.24. The molecule has 5 nitrogen and oxygen atoms in total. The van der Waals surface area contributed by atoms with Crippen LogP contribution in [0.25, 0.3) is 0 Å². The van der Waals surface area contributed by atoms with Gasteiger partial charge in [-0.2, -0.15) is 0 Å². The number of aryl methyl sites for hydroxylation is 1. The minimum absolute atomic E-state index is 0.407. The van der Waals surface area contributed by atoms with Crippen molar-refractivity contribution in [2.75, 3.05) is 18.5 Å². The molecule has 3 rings (SSSR count). The van der Waals surface area contributed by atoms with E-state index in [0.717, 1.165) is 41.8 Å². The Labute approximate surface area is 116 Å². The predicted molar refractivity (Wildman–Crippen MR) is 74.4 cm³/mol. The summed E-state index contributed by atoms with van der Waals surface area (Å²) in [5.41, 5.74) is 2.11. The summed E-state index contributed by atoms with van der Waals surface area (Å²) < 4.78 is 5.39. The molecular weight excluding hydrogens is 260 g/mol. The number of hydrogen-bond donors (Lipinski definition) is 1. The van der Waals surface area contributed by atoms with Crippen molar-refractivity contribution in [2.45, 2.75) is 25.8 Å². The van der Waals surface area contributed by atoms with Crippen molar-refractivity contribution in [3.8, 4) is 0 Å². The molecular formula is C13H16N4OS. The largest absolute Gasteiger partial charge is 0.381 e. The summed E-state index contributed by atoms with van der Waals surface area (Å²) in [5.74, 6) is 1.26. The first kappa shape index (κ1) is 12.5. The summed E-state index contributed by atoms with van der Waals surface area (Å²) in [4.78, 5) is 13.0. The Morgan fingerprint density at radius 2 is 2.42 bits per heavy atom. The Morgan fingerprint density at radius 1 is 1.47 bits per heavy atom. The van der Waals surface area contributed by atoms with E-state index in [9.17, 15) is 0 Å². The zero-order valence-electron chi connectivity index (χ0n) is 10.8. The van der Waals surface area contributed by atoms with Crippen LogP contribution in [0.4, 0.5) is 5.82 Å². The van der Waals surface area contributed by atoms with Crippen molar-refractivity contribution < 1.29 is 4.74 Å². The van der Waals surface area contributed by atoms with E-state index in [2.05, 4.69) is 25.6 Å². The average molecular weight is 276 g/mol. The van der Waals surface area contributed by atoms with Gasteiger partial charge in [-0.3, -0.25) is 0 Å². The number of anilines is 1. The fourth-order valence-corrected chi connectivity index (χ4v) is 2.74. The molecule has 19 heavy (non-hydrogen) atoms. The molecule has 2 aromatic rings. The van der Waals surface area contributed by atoms with Crippen molar-refractivity contribution in [1.29, 1.82) is 0 Å². The fraction of sp³-hybridized carbons (Fsp3) is 0.462.